The molecule has 1 saturated heterocycles. The van der Waals surface area contributed by atoms with Crippen LogP contribution in [0.1, 0.15) is 47.3 Å². The summed E-state index contributed by atoms with van der Waals surface area (Å²) in [5, 5.41) is 3.14. The number of hydrogen-bond acceptors (Lipinski definition) is 3. The number of benzene rings is 2. The van der Waals surface area contributed by atoms with Crippen molar-refractivity contribution >= 4 is 36.4 Å². The Labute approximate surface area is 180 Å². The zero-order chi connectivity index (χ0) is 18.5. The molecule has 0 bridgehead atoms. The number of piperidine rings is 1. The maximum absolute atomic E-state index is 12.7. The minimum absolute atomic E-state index is 0. The number of halogens is 2. The maximum atomic E-state index is 12.7. The number of nitrogens with two attached hydrogens (primary N) is 1. The zero-order valence-electron chi connectivity index (χ0n) is 16.6. The van der Waals surface area contributed by atoms with E-state index in [1.165, 1.54) is 18.4 Å². The average molecular weight is 424 g/mol. The van der Waals surface area contributed by atoms with Crippen molar-refractivity contribution in [3.05, 3.63) is 65.2 Å². The van der Waals surface area contributed by atoms with E-state index < -0.39 is 0 Å². The Kier molecular flexibility index (Phi) is 9.80. The minimum atomic E-state index is -0.0545. The number of nitrogens with zero attached hydrogens (tertiary/aromatic N) is 1. The summed E-state index contributed by atoms with van der Waals surface area (Å²) in [6, 6.07) is 16.2. The minimum Gasteiger partial charge on any atom is -0.399 e. The van der Waals surface area contributed by atoms with Crippen LogP contribution < -0.4 is 11.1 Å². The molecule has 1 fully saturated rings. The highest BCUT2D eigenvalue weighted by Crippen LogP contribution is 2.26. The van der Waals surface area contributed by atoms with Gasteiger partial charge < -0.3 is 11.1 Å². The SMILES string of the molecule is Cc1ccc(N)cc1C(=O)NCC(c1ccccc1)N1CCC(C)CC1.Cl.Cl. The predicted octanol–water partition coefficient (Wildman–Crippen LogP) is 4.62. The number of carbonyl (C=O) groups excluding carboxylic acids is 1. The lowest BCUT2D eigenvalue weighted by atomic mass is 9.95. The van der Waals surface area contributed by atoms with Gasteiger partial charge in [-0.1, -0.05) is 43.3 Å². The van der Waals surface area contributed by atoms with Crippen LogP contribution in [0.3, 0.4) is 0 Å². The fourth-order valence-corrected chi connectivity index (χ4v) is 3.64. The molecule has 2 aromatic rings. The molecular formula is C22H31Cl2N3O. The maximum Gasteiger partial charge on any atom is 0.251 e. The van der Waals surface area contributed by atoms with E-state index in [0.717, 1.165) is 24.6 Å². The average Bonchev–Trinajstić information content (AvgIpc) is 2.66. The smallest absolute Gasteiger partial charge is 0.251 e. The van der Waals surface area contributed by atoms with Gasteiger partial charge in [-0.15, -0.1) is 24.8 Å². The molecule has 1 aliphatic rings. The van der Waals surface area contributed by atoms with Gasteiger partial charge in [-0.25, -0.2) is 0 Å². The molecule has 4 nitrogen and oxygen atoms in total. The molecule has 1 heterocycles. The van der Waals surface area contributed by atoms with Gasteiger partial charge in [0, 0.05) is 17.8 Å². The molecule has 3 N–H and O–H groups in total. The van der Waals surface area contributed by atoms with E-state index >= 15 is 0 Å². The topological polar surface area (TPSA) is 58.4 Å². The Morgan fingerprint density at radius 3 is 2.43 bits per heavy atom. The molecule has 1 atom stereocenters. The van der Waals surface area contributed by atoms with Crippen LogP contribution in [0.25, 0.3) is 0 Å². The number of likely N-dealkylation sites (tertiary alicyclic amines) is 1. The zero-order valence-corrected chi connectivity index (χ0v) is 18.2. The van der Waals surface area contributed by atoms with E-state index in [1.807, 2.05) is 25.1 Å². The fourth-order valence-electron chi connectivity index (χ4n) is 3.64. The molecule has 0 aliphatic carbocycles. The van der Waals surface area contributed by atoms with Gasteiger partial charge in [-0.3, -0.25) is 9.69 Å². The molecule has 28 heavy (non-hydrogen) atoms. The molecule has 0 spiro atoms. The van der Waals surface area contributed by atoms with Crippen molar-refractivity contribution in [1.29, 1.82) is 0 Å². The van der Waals surface area contributed by atoms with Crippen molar-refractivity contribution in [2.24, 2.45) is 5.92 Å². The summed E-state index contributed by atoms with van der Waals surface area (Å²) in [6.45, 7) is 7.02. The van der Waals surface area contributed by atoms with Crippen molar-refractivity contribution in [2.75, 3.05) is 25.4 Å². The molecule has 6 heteroatoms. The number of amides is 1. The lowest BCUT2D eigenvalue weighted by Gasteiger charge is -2.37. The number of aryl methyl sites for hydroxylation is 1. The Hall–Kier alpha value is -1.75. The molecule has 0 aromatic heterocycles. The lowest BCUT2D eigenvalue weighted by Crippen LogP contribution is -2.42. The normalized spacial score (nSPS) is 15.8. The van der Waals surface area contributed by atoms with Crippen LogP contribution in [0.5, 0.6) is 0 Å². The summed E-state index contributed by atoms with van der Waals surface area (Å²) in [5.74, 6) is 0.730. The number of rotatable bonds is 5. The second-order valence-electron chi connectivity index (χ2n) is 7.43. The number of nitrogens with one attached hydrogen (secondary N) is 1. The van der Waals surface area contributed by atoms with Gasteiger partial charge in [0.15, 0.2) is 0 Å². The molecule has 1 aliphatic heterocycles. The third-order valence-electron chi connectivity index (χ3n) is 5.41. The first-order valence-corrected chi connectivity index (χ1v) is 9.48. The molecule has 0 saturated carbocycles. The van der Waals surface area contributed by atoms with Gasteiger partial charge in [0.1, 0.15) is 0 Å². The first-order valence-electron chi connectivity index (χ1n) is 9.48. The largest absolute Gasteiger partial charge is 0.399 e. The van der Waals surface area contributed by atoms with Crippen molar-refractivity contribution in [3.8, 4) is 0 Å². The quantitative estimate of drug-likeness (QED) is 0.689. The Morgan fingerprint density at radius 1 is 1.14 bits per heavy atom. The second-order valence-corrected chi connectivity index (χ2v) is 7.43. The first kappa shape index (κ1) is 24.3. The van der Waals surface area contributed by atoms with Gasteiger partial charge in [-0.2, -0.15) is 0 Å². The third-order valence-corrected chi connectivity index (χ3v) is 5.41. The highest BCUT2D eigenvalue weighted by Gasteiger charge is 2.25. The van der Waals surface area contributed by atoms with Gasteiger partial charge in [0.05, 0.1) is 6.04 Å². The molecule has 2 aromatic carbocycles. The lowest BCUT2D eigenvalue weighted by molar-refractivity contribution is 0.0912. The fraction of sp³-hybridized carbons (Fsp3) is 0.409. The van der Waals surface area contributed by atoms with Crippen molar-refractivity contribution in [3.63, 3.8) is 0 Å². The highest BCUT2D eigenvalue weighted by atomic mass is 35.5. The van der Waals surface area contributed by atoms with Crippen molar-refractivity contribution in [1.82, 2.24) is 10.2 Å². The van der Waals surface area contributed by atoms with Crippen LogP contribution in [-0.2, 0) is 0 Å². The van der Waals surface area contributed by atoms with E-state index in [4.69, 9.17) is 5.73 Å². The van der Waals surface area contributed by atoms with E-state index in [1.54, 1.807) is 6.07 Å². The van der Waals surface area contributed by atoms with Crippen LogP contribution in [0.4, 0.5) is 5.69 Å². The highest BCUT2D eigenvalue weighted by molar-refractivity contribution is 5.96. The summed E-state index contributed by atoms with van der Waals surface area (Å²) in [6.07, 6.45) is 2.43. The summed E-state index contributed by atoms with van der Waals surface area (Å²) in [7, 11) is 0. The Balaban J connectivity index is 0.00000196. The van der Waals surface area contributed by atoms with Gasteiger partial charge in [-0.05, 0) is 62.0 Å². The van der Waals surface area contributed by atoms with Crippen molar-refractivity contribution in [2.45, 2.75) is 32.7 Å². The monoisotopic (exact) mass is 423 g/mol. The van der Waals surface area contributed by atoms with Crippen LogP contribution in [0.2, 0.25) is 0 Å². The number of carbonyl (C=O) groups is 1. The van der Waals surface area contributed by atoms with E-state index in [2.05, 4.69) is 41.4 Å². The van der Waals surface area contributed by atoms with E-state index in [0.29, 0.717) is 17.8 Å². The summed E-state index contributed by atoms with van der Waals surface area (Å²) < 4.78 is 0. The number of hydrogen-bond donors (Lipinski definition) is 2. The standard InChI is InChI=1S/C22H29N3O.2ClH/c1-16-10-12-25(13-11-16)21(18-6-4-3-5-7-18)15-24-22(26)20-14-19(23)9-8-17(20)2;;/h3-9,14,16,21H,10-13,15,23H2,1-2H3,(H,24,26);2*1H. The number of anilines is 1. The summed E-state index contributed by atoms with van der Waals surface area (Å²) in [4.78, 5) is 15.2. The first-order chi connectivity index (χ1) is 12.5. The molecule has 0 radical (unpaired) electrons. The molecule has 154 valence electrons. The molecule has 3 rings (SSSR count). The molecule has 1 unspecified atom stereocenters. The summed E-state index contributed by atoms with van der Waals surface area (Å²) in [5.41, 5.74) is 9.33. The molecular weight excluding hydrogens is 393 g/mol. The predicted molar refractivity (Wildman–Crippen MR) is 122 cm³/mol. The summed E-state index contributed by atoms with van der Waals surface area (Å²) >= 11 is 0. The van der Waals surface area contributed by atoms with Gasteiger partial charge >= 0.3 is 0 Å². The van der Waals surface area contributed by atoms with Crippen LogP contribution in [0, 0.1) is 12.8 Å². The van der Waals surface area contributed by atoms with Crippen LogP contribution in [-0.4, -0.2) is 30.4 Å². The molecule has 1 amide bonds. The van der Waals surface area contributed by atoms with Gasteiger partial charge in [0.2, 0.25) is 0 Å². The van der Waals surface area contributed by atoms with Crippen molar-refractivity contribution < 1.29 is 4.79 Å². The van der Waals surface area contributed by atoms with E-state index in [9.17, 15) is 4.79 Å². The van der Waals surface area contributed by atoms with E-state index in [-0.39, 0.29) is 36.8 Å². The van der Waals surface area contributed by atoms with Gasteiger partial charge in [0.25, 0.3) is 5.91 Å². The Morgan fingerprint density at radius 2 is 1.79 bits per heavy atom. The van der Waals surface area contributed by atoms with Crippen LogP contribution in [0.15, 0.2) is 48.5 Å². The second kappa shape index (κ2) is 11.3. The van der Waals surface area contributed by atoms with Crippen LogP contribution >= 0.6 is 24.8 Å². The number of nitrogen functional groups attached to an aromatic ring is 1. The Bertz CT molecular complexity index is 747. The third kappa shape index (κ3) is 6.13.